The van der Waals surface area contributed by atoms with Crippen LogP contribution in [0.1, 0.15) is 33.6 Å². The van der Waals surface area contributed by atoms with Crippen molar-refractivity contribution in [2.45, 2.75) is 51.7 Å². The maximum atomic E-state index is 12.1. The van der Waals surface area contributed by atoms with E-state index in [-0.39, 0.29) is 11.9 Å². The molecule has 4 nitrogen and oxygen atoms in total. The summed E-state index contributed by atoms with van der Waals surface area (Å²) in [5, 5.41) is 9.83. The van der Waals surface area contributed by atoms with Gasteiger partial charge in [0.05, 0.1) is 6.04 Å². The highest BCUT2D eigenvalue weighted by atomic mass is 16.2. The second kappa shape index (κ2) is 5.36. The number of nitrogens with one attached hydrogen (secondary N) is 3. The van der Waals surface area contributed by atoms with Crippen LogP contribution in [0.3, 0.4) is 0 Å². The first kappa shape index (κ1) is 12.8. The van der Waals surface area contributed by atoms with Gasteiger partial charge in [-0.3, -0.25) is 4.79 Å². The summed E-state index contributed by atoms with van der Waals surface area (Å²) in [7, 11) is 0. The second-order valence-electron chi connectivity index (χ2n) is 5.80. The number of rotatable bonds is 2. The summed E-state index contributed by atoms with van der Waals surface area (Å²) in [6.07, 6.45) is 2.37. The fraction of sp³-hybridized carbons (Fsp3) is 0.923. The maximum Gasteiger partial charge on any atom is 0.238 e. The van der Waals surface area contributed by atoms with Crippen LogP contribution in [0.2, 0.25) is 0 Å². The molecule has 3 N–H and O–H groups in total. The average Bonchev–Trinajstić information content (AvgIpc) is 2.62. The smallest absolute Gasteiger partial charge is 0.238 e. The van der Waals surface area contributed by atoms with Crippen LogP contribution in [0, 0.1) is 11.8 Å². The van der Waals surface area contributed by atoms with E-state index in [1.165, 1.54) is 6.42 Å². The molecule has 0 spiro atoms. The summed E-state index contributed by atoms with van der Waals surface area (Å²) in [4.78, 5) is 12.1. The summed E-state index contributed by atoms with van der Waals surface area (Å²) in [6.45, 7) is 8.26. The lowest BCUT2D eigenvalue weighted by Gasteiger charge is -2.30. The van der Waals surface area contributed by atoms with Gasteiger partial charge in [0.25, 0.3) is 0 Å². The van der Waals surface area contributed by atoms with Crippen LogP contribution in [-0.4, -0.2) is 37.1 Å². The minimum absolute atomic E-state index is 0.0608. The summed E-state index contributed by atoms with van der Waals surface area (Å²) in [5.74, 6) is 1.50. The van der Waals surface area contributed by atoms with Gasteiger partial charge in [0, 0.05) is 25.2 Å². The molecule has 17 heavy (non-hydrogen) atoms. The minimum Gasteiger partial charge on any atom is -0.352 e. The number of amides is 1. The Balaban J connectivity index is 1.81. The molecule has 0 aromatic rings. The standard InChI is InChI=1S/C13H25N3O/c1-8-4-5-11(10(8)3)16-13(17)12-7-14-9(2)6-15-12/h8-12,14-15H,4-7H2,1-3H3,(H,16,17). The topological polar surface area (TPSA) is 53.2 Å². The van der Waals surface area contributed by atoms with Gasteiger partial charge in [-0.05, 0) is 31.6 Å². The molecule has 1 saturated heterocycles. The van der Waals surface area contributed by atoms with Crippen molar-refractivity contribution in [2.75, 3.05) is 13.1 Å². The molecular weight excluding hydrogens is 214 g/mol. The zero-order valence-electron chi connectivity index (χ0n) is 11.1. The third-order valence-electron chi connectivity index (χ3n) is 4.45. The van der Waals surface area contributed by atoms with E-state index in [1.807, 2.05) is 0 Å². The zero-order valence-corrected chi connectivity index (χ0v) is 11.1. The molecule has 2 aliphatic rings. The van der Waals surface area contributed by atoms with Crippen LogP contribution in [-0.2, 0) is 4.79 Å². The van der Waals surface area contributed by atoms with Gasteiger partial charge in [-0.25, -0.2) is 0 Å². The van der Waals surface area contributed by atoms with Crippen molar-refractivity contribution >= 4 is 5.91 Å². The Morgan fingerprint density at radius 2 is 1.88 bits per heavy atom. The molecule has 0 bridgehead atoms. The first-order chi connectivity index (χ1) is 8.08. The van der Waals surface area contributed by atoms with E-state index in [0.717, 1.165) is 25.4 Å². The van der Waals surface area contributed by atoms with E-state index >= 15 is 0 Å². The van der Waals surface area contributed by atoms with E-state index in [1.54, 1.807) is 0 Å². The molecular formula is C13H25N3O. The molecule has 0 aromatic carbocycles. The SMILES string of the molecule is CC1CNC(C(=O)NC2CCC(C)C2C)CN1. The molecule has 2 fully saturated rings. The number of hydrogen-bond donors (Lipinski definition) is 3. The van der Waals surface area contributed by atoms with Crippen molar-refractivity contribution in [3.63, 3.8) is 0 Å². The van der Waals surface area contributed by atoms with E-state index in [4.69, 9.17) is 0 Å². The normalized spacial score (nSPS) is 42.4. The van der Waals surface area contributed by atoms with Gasteiger partial charge in [0.1, 0.15) is 0 Å². The Morgan fingerprint density at radius 3 is 2.41 bits per heavy atom. The fourth-order valence-electron chi connectivity index (χ4n) is 2.82. The molecule has 4 heteroatoms. The van der Waals surface area contributed by atoms with E-state index < -0.39 is 0 Å². The predicted octanol–water partition coefficient (Wildman–Crippen LogP) is 0.487. The van der Waals surface area contributed by atoms with Gasteiger partial charge >= 0.3 is 0 Å². The number of hydrogen-bond acceptors (Lipinski definition) is 3. The first-order valence-electron chi connectivity index (χ1n) is 6.85. The first-order valence-corrected chi connectivity index (χ1v) is 6.85. The van der Waals surface area contributed by atoms with E-state index in [0.29, 0.717) is 18.0 Å². The van der Waals surface area contributed by atoms with Crippen LogP contribution < -0.4 is 16.0 Å². The molecule has 98 valence electrons. The highest BCUT2D eigenvalue weighted by molar-refractivity contribution is 5.82. The van der Waals surface area contributed by atoms with Gasteiger partial charge < -0.3 is 16.0 Å². The minimum atomic E-state index is -0.0608. The Labute approximate surface area is 104 Å². The van der Waals surface area contributed by atoms with Crippen molar-refractivity contribution in [3.8, 4) is 0 Å². The molecule has 0 aromatic heterocycles. The van der Waals surface area contributed by atoms with Crippen molar-refractivity contribution in [1.82, 2.24) is 16.0 Å². The highest BCUT2D eigenvalue weighted by Crippen LogP contribution is 2.31. The highest BCUT2D eigenvalue weighted by Gasteiger charge is 2.32. The molecule has 5 unspecified atom stereocenters. The maximum absolute atomic E-state index is 12.1. The lowest BCUT2D eigenvalue weighted by molar-refractivity contribution is -0.124. The molecule has 5 atom stereocenters. The largest absolute Gasteiger partial charge is 0.352 e. The average molecular weight is 239 g/mol. The van der Waals surface area contributed by atoms with E-state index in [9.17, 15) is 4.79 Å². The van der Waals surface area contributed by atoms with Gasteiger partial charge in [0.15, 0.2) is 0 Å². The van der Waals surface area contributed by atoms with Gasteiger partial charge in [-0.2, -0.15) is 0 Å². The van der Waals surface area contributed by atoms with Crippen LogP contribution in [0.4, 0.5) is 0 Å². The Kier molecular flexibility index (Phi) is 4.05. The van der Waals surface area contributed by atoms with Crippen LogP contribution >= 0.6 is 0 Å². The Hall–Kier alpha value is -0.610. The molecule has 2 rings (SSSR count). The summed E-state index contributed by atoms with van der Waals surface area (Å²) in [6, 6.07) is 0.775. The van der Waals surface area contributed by atoms with Gasteiger partial charge in [0.2, 0.25) is 5.91 Å². The van der Waals surface area contributed by atoms with Crippen molar-refractivity contribution in [2.24, 2.45) is 11.8 Å². The Bertz CT molecular complexity index is 274. The fourth-order valence-corrected chi connectivity index (χ4v) is 2.82. The summed E-state index contributed by atoms with van der Waals surface area (Å²) >= 11 is 0. The Morgan fingerprint density at radius 1 is 1.12 bits per heavy atom. The summed E-state index contributed by atoms with van der Waals surface area (Å²) < 4.78 is 0. The molecule has 1 aliphatic carbocycles. The molecule has 0 radical (unpaired) electrons. The van der Waals surface area contributed by atoms with Crippen molar-refractivity contribution in [1.29, 1.82) is 0 Å². The second-order valence-corrected chi connectivity index (χ2v) is 5.80. The molecule has 1 saturated carbocycles. The van der Waals surface area contributed by atoms with Crippen molar-refractivity contribution in [3.05, 3.63) is 0 Å². The monoisotopic (exact) mass is 239 g/mol. The zero-order chi connectivity index (χ0) is 12.4. The molecule has 1 amide bonds. The lowest BCUT2D eigenvalue weighted by Crippen LogP contribution is -2.60. The molecule has 1 aliphatic heterocycles. The predicted molar refractivity (Wildman–Crippen MR) is 68.7 cm³/mol. The van der Waals surface area contributed by atoms with Crippen molar-refractivity contribution < 1.29 is 4.79 Å². The number of piperazine rings is 1. The number of carbonyl (C=O) groups is 1. The number of carbonyl (C=O) groups excluding carboxylic acids is 1. The quantitative estimate of drug-likeness (QED) is 0.657. The molecule has 1 heterocycles. The van der Waals surface area contributed by atoms with E-state index in [2.05, 4.69) is 36.7 Å². The van der Waals surface area contributed by atoms with Crippen LogP contribution in [0.25, 0.3) is 0 Å². The third-order valence-corrected chi connectivity index (χ3v) is 4.45. The van der Waals surface area contributed by atoms with Gasteiger partial charge in [-0.1, -0.05) is 13.8 Å². The van der Waals surface area contributed by atoms with Gasteiger partial charge in [-0.15, -0.1) is 0 Å². The lowest BCUT2D eigenvalue weighted by atomic mass is 9.97. The van der Waals surface area contributed by atoms with Crippen LogP contribution in [0.5, 0.6) is 0 Å². The van der Waals surface area contributed by atoms with Crippen LogP contribution in [0.15, 0.2) is 0 Å². The third kappa shape index (κ3) is 2.99. The summed E-state index contributed by atoms with van der Waals surface area (Å²) in [5.41, 5.74) is 0.